The zero-order valence-electron chi connectivity index (χ0n) is 20.8. The molecule has 190 valence electrons. The lowest BCUT2D eigenvalue weighted by atomic mass is 9.92. The number of nitrogens with zero attached hydrogens (tertiary/aromatic N) is 3. The highest BCUT2D eigenvalue weighted by Gasteiger charge is 2.38. The summed E-state index contributed by atoms with van der Waals surface area (Å²) in [4.78, 5) is 15.3. The van der Waals surface area contributed by atoms with Crippen molar-refractivity contribution in [2.75, 3.05) is 26.7 Å². The number of ether oxygens (including phenoxy) is 1. The molecule has 0 N–H and O–H groups in total. The van der Waals surface area contributed by atoms with Crippen molar-refractivity contribution < 1.29 is 22.5 Å². The SMILES string of the molecule is CC[C@@H]1CCCCN1C(=O)C1CCN(S(=O)(=O)c2c(C)noc2/C=C\c2ccc(OC)cc2)CC1. The molecule has 9 heteroatoms. The van der Waals surface area contributed by atoms with Gasteiger partial charge in [-0.25, -0.2) is 8.42 Å². The first-order valence-corrected chi connectivity index (χ1v) is 13.9. The standard InChI is InChI=1S/C26H35N3O5S/c1-4-22-7-5-6-16-29(22)26(30)21-14-17-28(18-15-21)35(31,32)25-19(2)27-34-24(25)13-10-20-8-11-23(33-3)12-9-20/h8-13,21-22H,4-7,14-18H2,1-3H3/b13-10-/t22-/m1/s1. The summed E-state index contributed by atoms with van der Waals surface area (Å²) in [5.41, 5.74) is 1.21. The van der Waals surface area contributed by atoms with Crippen molar-refractivity contribution in [2.45, 2.75) is 63.3 Å². The highest BCUT2D eigenvalue weighted by molar-refractivity contribution is 7.89. The van der Waals surface area contributed by atoms with Gasteiger partial charge in [0, 0.05) is 31.6 Å². The summed E-state index contributed by atoms with van der Waals surface area (Å²) >= 11 is 0. The van der Waals surface area contributed by atoms with E-state index in [1.54, 1.807) is 26.2 Å². The van der Waals surface area contributed by atoms with Gasteiger partial charge in [0.15, 0.2) is 10.7 Å². The first kappa shape index (κ1) is 25.4. The van der Waals surface area contributed by atoms with Crippen molar-refractivity contribution in [3.05, 3.63) is 41.3 Å². The topological polar surface area (TPSA) is 93.0 Å². The Kier molecular flexibility index (Phi) is 7.96. The quantitative estimate of drug-likeness (QED) is 0.560. The summed E-state index contributed by atoms with van der Waals surface area (Å²) in [6.07, 6.45) is 8.74. The van der Waals surface area contributed by atoms with Crippen LogP contribution < -0.4 is 4.74 Å². The minimum absolute atomic E-state index is 0.0918. The maximum Gasteiger partial charge on any atom is 0.248 e. The minimum Gasteiger partial charge on any atom is -0.497 e. The normalized spacial score (nSPS) is 20.4. The molecule has 2 saturated heterocycles. The Hall–Kier alpha value is -2.65. The second-order valence-electron chi connectivity index (χ2n) is 9.34. The maximum atomic E-state index is 13.5. The van der Waals surface area contributed by atoms with Crippen LogP contribution in [-0.4, -0.2) is 61.5 Å². The van der Waals surface area contributed by atoms with E-state index in [0.29, 0.717) is 37.7 Å². The molecule has 0 radical (unpaired) electrons. The van der Waals surface area contributed by atoms with Crippen LogP contribution in [-0.2, 0) is 14.8 Å². The first-order chi connectivity index (χ1) is 16.8. The van der Waals surface area contributed by atoms with E-state index in [0.717, 1.165) is 37.1 Å². The fraction of sp³-hybridized carbons (Fsp3) is 0.538. The number of amides is 1. The summed E-state index contributed by atoms with van der Waals surface area (Å²) in [5, 5.41) is 3.93. The molecule has 0 spiro atoms. The molecule has 0 bridgehead atoms. The molecule has 4 rings (SSSR count). The van der Waals surface area contributed by atoms with Gasteiger partial charge in [0.2, 0.25) is 15.9 Å². The number of benzene rings is 1. The molecule has 0 unspecified atom stereocenters. The zero-order valence-corrected chi connectivity index (χ0v) is 21.6. The van der Waals surface area contributed by atoms with Gasteiger partial charge >= 0.3 is 0 Å². The van der Waals surface area contributed by atoms with E-state index in [1.807, 2.05) is 29.2 Å². The lowest BCUT2D eigenvalue weighted by Gasteiger charge is -2.39. The minimum atomic E-state index is -3.80. The van der Waals surface area contributed by atoms with Crippen molar-refractivity contribution in [3.63, 3.8) is 0 Å². The van der Waals surface area contributed by atoms with Crippen molar-refractivity contribution in [3.8, 4) is 5.75 Å². The summed E-state index contributed by atoms with van der Waals surface area (Å²) in [5.74, 6) is 1.02. The number of hydrogen-bond donors (Lipinski definition) is 0. The van der Waals surface area contributed by atoms with Crippen LogP contribution in [0.1, 0.15) is 62.5 Å². The number of sulfonamides is 1. The predicted octanol–water partition coefficient (Wildman–Crippen LogP) is 4.35. The van der Waals surface area contributed by atoms with Gasteiger partial charge in [0.05, 0.1) is 7.11 Å². The Morgan fingerprint density at radius 3 is 2.49 bits per heavy atom. The first-order valence-electron chi connectivity index (χ1n) is 12.4. The molecular weight excluding hydrogens is 466 g/mol. The summed E-state index contributed by atoms with van der Waals surface area (Å²) in [7, 11) is -2.20. The molecule has 0 saturated carbocycles. The molecule has 0 aliphatic carbocycles. The smallest absolute Gasteiger partial charge is 0.248 e. The van der Waals surface area contributed by atoms with Gasteiger partial charge in [-0.15, -0.1) is 0 Å². The van der Waals surface area contributed by atoms with Crippen LogP contribution in [0.25, 0.3) is 12.2 Å². The van der Waals surface area contributed by atoms with Crippen molar-refractivity contribution in [2.24, 2.45) is 5.92 Å². The summed E-state index contributed by atoms with van der Waals surface area (Å²) in [6.45, 7) is 5.22. The highest BCUT2D eigenvalue weighted by Crippen LogP contribution is 2.31. The molecule has 1 amide bonds. The van der Waals surface area contributed by atoms with Crippen LogP contribution >= 0.6 is 0 Å². The molecule has 1 atom stereocenters. The summed E-state index contributed by atoms with van der Waals surface area (Å²) < 4.78 is 39.1. The number of aromatic nitrogens is 1. The van der Waals surface area contributed by atoms with Gasteiger partial charge in [-0.1, -0.05) is 30.3 Å². The van der Waals surface area contributed by atoms with Gasteiger partial charge in [0.1, 0.15) is 11.4 Å². The number of aryl methyl sites for hydroxylation is 1. The van der Waals surface area contributed by atoms with Gasteiger partial charge in [-0.05, 0) is 69.2 Å². The van der Waals surface area contributed by atoms with Crippen LogP contribution in [0.15, 0.2) is 33.7 Å². The van der Waals surface area contributed by atoms with E-state index in [4.69, 9.17) is 9.26 Å². The molecule has 1 aromatic carbocycles. The number of hydrogen-bond acceptors (Lipinski definition) is 6. The van der Waals surface area contributed by atoms with Crippen LogP contribution in [0.3, 0.4) is 0 Å². The van der Waals surface area contributed by atoms with Crippen LogP contribution in [0.4, 0.5) is 0 Å². The lowest BCUT2D eigenvalue weighted by Crippen LogP contribution is -2.49. The average Bonchev–Trinajstić information content (AvgIpc) is 3.28. The maximum absolute atomic E-state index is 13.5. The molecular formula is C26H35N3O5S. The highest BCUT2D eigenvalue weighted by atomic mass is 32.2. The van der Waals surface area contributed by atoms with Gasteiger partial charge < -0.3 is 14.2 Å². The molecule has 2 aliphatic rings. The Labute approximate surface area is 208 Å². The van der Waals surface area contributed by atoms with Crippen LogP contribution in [0.2, 0.25) is 0 Å². The largest absolute Gasteiger partial charge is 0.497 e. The second-order valence-corrected chi connectivity index (χ2v) is 11.2. The number of piperidine rings is 2. The van der Waals surface area contributed by atoms with Crippen LogP contribution in [0, 0.1) is 12.8 Å². The van der Waals surface area contributed by atoms with Crippen LogP contribution in [0.5, 0.6) is 5.75 Å². The third-order valence-electron chi connectivity index (χ3n) is 7.16. The Bertz CT molecular complexity index is 1150. The lowest BCUT2D eigenvalue weighted by molar-refractivity contribution is -0.140. The van der Waals surface area contributed by atoms with Crippen molar-refractivity contribution in [1.82, 2.24) is 14.4 Å². The van der Waals surface area contributed by atoms with Crippen molar-refractivity contribution in [1.29, 1.82) is 0 Å². The van der Waals surface area contributed by atoms with E-state index < -0.39 is 10.0 Å². The number of carbonyl (C=O) groups excluding carboxylic acids is 1. The Morgan fingerprint density at radius 2 is 1.83 bits per heavy atom. The molecule has 35 heavy (non-hydrogen) atoms. The number of methoxy groups -OCH3 is 1. The monoisotopic (exact) mass is 501 g/mol. The Balaban J connectivity index is 1.45. The molecule has 2 aromatic rings. The molecule has 2 aliphatic heterocycles. The van der Waals surface area contributed by atoms with E-state index >= 15 is 0 Å². The Morgan fingerprint density at radius 1 is 1.11 bits per heavy atom. The second kappa shape index (κ2) is 11.0. The predicted molar refractivity (Wildman–Crippen MR) is 134 cm³/mol. The molecule has 3 heterocycles. The van der Waals surface area contributed by atoms with Gasteiger partial charge in [0.25, 0.3) is 0 Å². The number of likely N-dealkylation sites (tertiary alicyclic amines) is 1. The van der Waals surface area contributed by atoms with Gasteiger partial charge in [-0.2, -0.15) is 4.31 Å². The number of carbonyl (C=O) groups is 1. The van der Waals surface area contributed by atoms with Crippen molar-refractivity contribution >= 4 is 28.1 Å². The number of rotatable bonds is 7. The fourth-order valence-electron chi connectivity index (χ4n) is 5.11. The van der Waals surface area contributed by atoms with E-state index in [1.165, 1.54) is 10.7 Å². The molecule has 1 aromatic heterocycles. The molecule has 2 fully saturated rings. The summed E-state index contributed by atoms with van der Waals surface area (Å²) in [6, 6.07) is 7.74. The zero-order chi connectivity index (χ0) is 25.0. The average molecular weight is 502 g/mol. The van der Waals surface area contributed by atoms with E-state index in [9.17, 15) is 13.2 Å². The third-order valence-corrected chi connectivity index (χ3v) is 9.22. The van der Waals surface area contributed by atoms with Gasteiger partial charge in [-0.3, -0.25) is 4.79 Å². The van der Waals surface area contributed by atoms with E-state index in [-0.39, 0.29) is 22.5 Å². The third kappa shape index (κ3) is 5.46. The molecule has 8 nitrogen and oxygen atoms in total. The fourth-order valence-corrected chi connectivity index (χ4v) is 6.83. The van der Waals surface area contributed by atoms with E-state index in [2.05, 4.69) is 12.1 Å².